The summed E-state index contributed by atoms with van der Waals surface area (Å²) < 4.78 is 5.86. The van der Waals surface area contributed by atoms with Crippen LogP contribution in [0.1, 0.15) is 24.5 Å². The monoisotopic (exact) mass is 250 g/mol. The van der Waals surface area contributed by atoms with Crippen molar-refractivity contribution >= 4 is 0 Å². The fraction of sp³-hybridized carbons (Fsp3) is 0.600. The molecule has 3 nitrogen and oxygen atoms in total. The summed E-state index contributed by atoms with van der Waals surface area (Å²) in [4.78, 5) is 2.17. The van der Waals surface area contributed by atoms with Crippen molar-refractivity contribution in [1.82, 2.24) is 4.90 Å². The van der Waals surface area contributed by atoms with Crippen LogP contribution in [0.3, 0.4) is 0 Å². The van der Waals surface area contributed by atoms with E-state index in [9.17, 15) is 0 Å². The van der Waals surface area contributed by atoms with Crippen molar-refractivity contribution in [3.8, 4) is 5.75 Å². The van der Waals surface area contributed by atoms with E-state index in [4.69, 9.17) is 10.5 Å². The van der Waals surface area contributed by atoms with Crippen molar-refractivity contribution in [2.24, 2.45) is 5.73 Å². The van der Waals surface area contributed by atoms with E-state index in [1.54, 1.807) is 0 Å². The third kappa shape index (κ3) is 3.72. The summed E-state index contributed by atoms with van der Waals surface area (Å²) in [7, 11) is 4.12. The second-order valence-electron chi connectivity index (χ2n) is 5.46. The van der Waals surface area contributed by atoms with E-state index in [1.165, 1.54) is 11.1 Å². The smallest absolute Gasteiger partial charge is 0.122 e. The molecule has 1 unspecified atom stereocenters. The van der Waals surface area contributed by atoms with E-state index >= 15 is 0 Å². The fourth-order valence-electron chi connectivity index (χ4n) is 1.85. The number of aryl methyl sites for hydroxylation is 2. The van der Waals surface area contributed by atoms with Crippen LogP contribution in [-0.2, 0) is 0 Å². The van der Waals surface area contributed by atoms with Gasteiger partial charge in [-0.2, -0.15) is 0 Å². The minimum atomic E-state index is -0.00139. The van der Waals surface area contributed by atoms with Gasteiger partial charge < -0.3 is 15.4 Å². The summed E-state index contributed by atoms with van der Waals surface area (Å²) in [5.41, 5.74) is 8.29. The summed E-state index contributed by atoms with van der Waals surface area (Å²) in [6.45, 7) is 7.66. The summed E-state index contributed by atoms with van der Waals surface area (Å²) in [6, 6.07) is 6.26. The molecule has 0 heterocycles. The maximum Gasteiger partial charge on any atom is 0.122 e. The number of ether oxygens (including phenoxy) is 1. The van der Waals surface area contributed by atoms with E-state index in [1.807, 2.05) is 6.07 Å². The van der Waals surface area contributed by atoms with Gasteiger partial charge in [0.25, 0.3) is 0 Å². The Labute approximate surface area is 111 Å². The molecular weight excluding hydrogens is 224 g/mol. The SMILES string of the molecule is Cc1ccc(OCCC(C)(CN)N(C)C)c(C)c1. The van der Waals surface area contributed by atoms with Crippen LogP contribution >= 0.6 is 0 Å². The van der Waals surface area contributed by atoms with Gasteiger partial charge in [0.1, 0.15) is 5.75 Å². The minimum Gasteiger partial charge on any atom is -0.493 e. The topological polar surface area (TPSA) is 38.5 Å². The minimum absolute atomic E-state index is 0.00139. The third-order valence-corrected chi connectivity index (χ3v) is 3.75. The van der Waals surface area contributed by atoms with Crippen molar-refractivity contribution in [3.05, 3.63) is 29.3 Å². The van der Waals surface area contributed by atoms with Crippen molar-refractivity contribution in [3.63, 3.8) is 0 Å². The van der Waals surface area contributed by atoms with Crippen LogP contribution in [-0.4, -0.2) is 37.7 Å². The van der Waals surface area contributed by atoms with E-state index < -0.39 is 0 Å². The molecule has 0 radical (unpaired) electrons. The average molecular weight is 250 g/mol. The number of benzene rings is 1. The standard InChI is InChI=1S/C15H26N2O/c1-12-6-7-14(13(2)10-12)18-9-8-15(3,11-16)17(4)5/h6-7,10H,8-9,11,16H2,1-5H3. The summed E-state index contributed by atoms with van der Waals surface area (Å²) in [5.74, 6) is 0.971. The fourth-order valence-corrected chi connectivity index (χ4v) is 1.85. The number of rotatable bonds is 6. The molecule has 0 aliphatic rings. The molecule has 1 aromatic carbocycles. The predicted molar refractivity (Wildman–Crippen MR) is 77.2 cm³/mol. The molecule has 0 aromatic heterocycles. The van der Waals surface area contributed by atoms with E-state index in [0.717, 1.165) is 12.2 Å². The normalized spacial score (nSPS) is 14.6. The lowest BCUT2D eigenvalue weighted by Gasteiger charge is -2.35. The molecule has 0 aliphatic heterocycles. The van der Waals surface area contributed by atoms with Gasteiger partial charge in [0.15, 0.2) is 0 Å². The molecule has 0 bridgehead atoms. The van der Waals surface area contributed by atoms with E-state index in [2.05, 4.69) is 51.9 Å². The molecule has 0 aliphatic carbocycles. The van der Waals surface area contributed by atoms with Gasteiger partial charge in [-0.15, -0.1) is 0 Å². The molecular formula is C15H26N2O. The van der Waals surface area contributed by atoms with Gasteiger partial charge in [0.05, 0.1) is 6.61 Å². The maximum atomic E-state index is 5.86. The van der Waals surface area contributed by atoms with Crippen LogP contribution in [0.25, 0.3) is 0 Å². The Morgan fingerprint density at radius 3 is 2.44 bits per heavy atom. The zero-order valence-corrected chi connectivity index (χ0v) is 12.3. The molecule has 18 heavy (non-hydrogen) atoms. The van der Waals surface area contributed by atoms with Gasteiger partial charge in [-0.1, -0.05) is 17.7 Å². The van der Waals surface area contributed by atoms with Crippen LogP contribution in [0, 0.1) is 13.8 Å². The molecule has 0 fully saturated rings. The average Bonchev–Trinajstić information content (AvgIpc) is 2.31. The van der Waals surface area contributed by atoms with E-state index in [-0.39, 0.29) is 5.54 Å². The molecule has 3 heteroatoms. The van der Waals surface area contributed by atoms with Crippen molar-refractivity contribution in [1.29, 1.82) is 0 Å². The van der Waals surface area contributed by atoms with Crippen LogP contribution in [0.2, 0.25) is 0 Å². The van der Waals surface area contributed by atoms with Gasteiger partial charge in [-0.05, 0) is 46.5 Å². The highest BCUT2D eigenvalue weighted by Crippen LogP contribution is 2.21. The zero-order valence-electron chi connectivity index (χ0n) is 12.3. The first-order valence-corrected chi connectivity index (χ1v) is 6.46. The first kappa shape index (κ1) is 15.0. The Kier molecular flexibility index (Phi) is 5.17. The molecule has 1 atom stereocenters. The first-order chi connectivity index (χ1) is 8.39. The number of likely N-dealkylation sites (N-methyl/N-ethyl adjacent to an activating group) is 1. The largest absolute Gasteiger partial charge is 0.493 e. The first-order valence-electron chi connectivity index (χ1n) is 6.46. The van der Waals surface area contributed by atoms with Crippen molar-refractivity contribution < 1.29 is 4.74 Å². The molecule has 0 amide bonds. The molecule has 0 saturated heterocycles. The number of hydrogen-bond acceptors (Lipinski definition) is 3. The molecule has 2 N–H and O–H groups in total. The van der Waals surface area contributed by atoms with Crippen LogP contribution < -0.4 is 10.5 Å². The van der Waals surface area contributed by atoms with Crippen LogP contribution in [0.15, 0.2) is 18.2 Å². The lowest BCUT2D eigenvalue weighted by molar-refractivity contribution is 0.139. The molecule has 1 rings (SSSR count). The predicted octanol–water partition coefficient (Wildman–Crippen LogP) is 2.35. The Hall–Kier alpha value is -1.06. The lowest BCUT2D eigenvalue weighted by Crippen LogP contribution is -2.48. The van der Waals surface area contributed by atoms with Gasteiger partial charge in [0, 0.05) is 18.5 Å². The molecule has 0 spiro atoms. The zero-order chi connectivity index (χ0) is 13.8. The second-order valence-corrected chi connectivity index (χ2v) is 5.46. The van der Waals surface area contributed by atoms with Gasteiger partial charge >= 0.3 is 0 Å². The van der Waals surface area contributed by atoms with Crippen molar-refractivity contribution in [2.75, 3.05) is 27.2 Å². The Balaban J connectivity index is 2.56. The highest BCUT2D eigenvalue weighted by molar-refractivity contribution is 5.35. The highest BCUT2D eigenvalue weighted by Gasteiger charge is 2.24. The number of nitrogens with zero attached hydrogens (tertiary/aromatic N) is 1. The number of nitrogens with two attached hydrogens (primary N) is 1. The molecule has 0 saturated carbocycles. The maximum absolute atomic E-state index is 5.86. The highest BCUT2D eigenvalue weighted by atomic mass is 16.5. The summed E-state index contributed by atoms with van der Waals surface area (Å²) in [6.07, 6.45) is 0.920. The van der Waals surface area contributed by atoms with Gasteiger partial charge in [0.2, 0.25) is 0 Å². The van der Waals surface area contributed by atoms with Gasteiger partial charge in [-0.25, -0.2) is 0 Å². The lowest BCUT2D eigenvalue weighted by atomic mass is 9.97. The Morgan fingerprint density at radius 2 is 1.94 bits per heavy atom. The summed E-state index contributed by atoms with van der Waals surface area (Å²) in [5, 5.41) is 0. The van der Waals surface area contributed by atoms with E-state index in [0.29, 0.717) is 13.2 Å². The Bertz CT molecular complexity index is 390. The molecule has 1 aromatic rings. The third-order valence-electron chi connectivity index (χ3n) is 3.75. The summed E-state index contributed by atoms with van der Waals surface area (Å²) >= 11 is 0. The van der Waals surface area contributed by atoms with Crippen molar-refractivity contribution in [2.45, 2.75) is 32.7 Å². The van der Waals surface area contributed by atoms with Crippen LogP contribution in [0.5, 0.6) is 5.75 Å². The Morgan fingerprint density at radius 1 is 1.28 bits per heavy atom. The quantitative estimate of drug-likeness (QED) is 0.842. The molecule has 102 valence electrons. The number of hydrogen-bond donors (Lipinski definition) is 1. The van der Waals surface area contributed by atoms with Crippen LogP contribution in [0.4, 0.5) is 0 Å². The second kappa shape index (κ2) is 6.21. The van der Waals surface area contributed by atoms with Gasteiger partial charge in [-0.3, -0.25) is 0 Å².